The summed E-state index contributed by atoms with van der Waals surface area (Å²) in [6, 6.07) is 5.36. The lowest BCUT2D eigenvalue weighted by atomic mass is 10.1. The summed E-state index contributed by atoms with van der Waals surface area (Å²) in [7, 11) is 1.38. The van der Waals surface area contributed by atoms with Gasteiger partial charge in [0, 0.05) is 6.61 Å². The number of fused-ring (bicyclic) bond motifs is 1. The van der Waals surface area contributed by atoms with Gasteiger partial charge in [0.15, 0.2) is 0 Å². The molecule has 118 valence electrons. The lowest BCUT2D eigenvalue weighted by molar-refractivity contribution is 0.00627. The number of carbonyl (C=O) groups excluding carboxylic acids is 1. The molecular weight excluding hydrogens is 304 g/mol. The van der Waals surface area contributed by atoms with E-state index in [2.05, 4.69) is 9.55 Å². The Hall–Kier alpha value is -1.59. The predicted molar refractivity (Wildman–Crippen MR) is 84.2 cm³/mol. The number of halogens is 1. The second-order valence-corrected chi connectivity index (χ2v) is 5.72. The van der Waals surface area contributed by atoms with E-state index in [9.17, 15) is 4.79 Å². The van der Waals surface area contributed by atoms with E-state index in [0.717, 1.165) is 36.3 Å². The van der Waals surface area contributed by atoms with Gasteiger partial charge in [-0.1, -0.05) is 0 Å². The molecule has 6 heteroatoms. The molecule has 0 spiro atoms. The molecule has 2 aromatic rings. The third-order valence-corrected chi connectivity index (χ3v) is 4.27. The summed E-state index contributed by atoms with van der Waals surface area (Å²) in [4.78, 5) is 16.3. The van der Waals surface area contributed by atoms with Crippen molar-refractivity contribution in [2.45, 2.75) is 37.8 Å². The number of ether oxygens (including phenoxy) is 2. The van der Waals surface area contributed by atoms with E-state index in [1.54, 1.807) is 6.07 Å². The summed E-state index contributed by atoms with van der Waals surface area (Å²) in [5.41, 5.74) is 2.24. The topological polar surface area (TPSA) is 53.3 Å². The van der Waals surface area contributed by atoms with Crippen molar-refractivity contribution in [1.82, 2.24) is 9.55 Å². The van der Waals surface area contributed by atoms with E-state index in [1.165, 1.54) is 13.5 Å². The normalized spacial score (nSPS) is 18.5. The van der Waals surface area contributed by atoms with Gasteiger partial charge >= 0.3 is 5.97 Å². The lowest BCUT2D eigenvalue weighted by Crippen LogP contribution is -2.25. The van der Waals surface area contributed by atoms with Gasteiger partial charge in [0.2, 0.25) is 0 Å². The molecule has 1 fully saturated rings. The zero-order valence-corrected chi connectivity index (χ0v) is 13.3. The van der Waals surface area contributed by atoms with Gasteiger partial charge in [0.05, 0.1) is 42.2 Å². The fraction of sp³-hybridized carbons (Fsp3) is 0.500. The summed E-state index contributed by atoms with van der Waals surface area (Å²) in [6.07, 6.45) is 3.52. The zero-order chi connectivity index (χ0) is 15.5. The average Bonchev–Trinajstić information content (AvgIpc) is 2.92. The lowest BCUT2D eigenvalue weighted by Gasteiger charge is -2.23. The first-order valence-electron chi connectivity index (χ1n) is 7.48. The number of hydrogen-bond donors (Lipinski definition) is 0. The number of methoxy groups -OCH3 is 1. The Labute approximate surface area is 134 Å². The molecule has 0 aliphatic carbocycles. The van der Waals surface area contributed by atoms with Crippen molar-refractivity contribution in [2.75, 3.05) is 13.7 Å². The summed E-state index contributed by atoms with van der Waals surface area (Å²) in [5.74, 6) is 0.776. The summed E-state index contributed by atoms with van der Waals surface area (Å²) < 4.78 is 12.7. The van der Waals surface area contributed by atoms with Gasteiger partial charge in [-0.2, -0.15) is 0 Å². The predicted octanol–water partition coefficient (Wildman–Crippen LogP) is 3.13. The Bertz CT molecular complexity index is 677. The monoisotopic (exact) mass is 322 g/mol. The number of rotatable bonds is 4. The fourth-order valence-corrected chi connectivity index (χ4v) is 3.08. The molecule has 1 atom stereocenters. The van der Waals surface area contributed by atoms with Crippen LogP contribution in [0.25, 0.3) is 11.0 Å². The zero-order valence-electron chi connectivity index (χ0n) is 12.5. The Morgan fingerprint density at radius 2 is 2.36 bits per heavy atom. The van der Waals surface area contributed by atoms with Crippen molar-refractivity contribution in [2.24, 2.45) is 0 Å². The van der Waals surface area contributed by atoms with Crippen LogP contribution in [0.15, 0.2) is 18.2 Å². The second-order valence-electron chi connectivity index (χ2n) is 5.46. The van der Waals surface area contributed by atoms with Crippen LogP contribution in [-0.2, 0) is 21.9 Å². The van der Waals surface area contributed by atoms with Gasteiger partial charge in [-0.3, -0.25) is 0 Å². The van der Waals surface area contributed by atoms with Crippen LogP contribution in [0.5, 0.6) is 0 Å². The van der Waals surface area contributed by atoms with E-state index in [0.29, 0.717) is 18.0 Å². The minimum absolute atomic E-state index is 0.176. The van der Waals surface area contributed by atoms with Gasteiger partial charge < -0.3 is 14.0 Å². The van der Waals surface area contributed by atoms with Crippen LogP contribution in [-0.4, -0.2) is 35.3 Å². The Morgan fingerprint density at radius 3 is 3.05 bits per heavy atom. The van der Waals surface area contributed by atoms with Gasteiger partial charge in [-0.25, -0.2) is 9.78 Å². The van der Waals surface area contributed by atoms with Crippen molar-refractivity contribution < 1.29 is 14.3 Å². The van der Waals surface area contributed by atoms with Gasteiger partial charge in [0.25, 0.3) is 0 Å². The Morgan fingerprint density at radius 1 is 1.50 bits per heavy atom. The number of benzene rings is 1. The number of aromatic nitrogens is 2. The van der Waals surface area contributed by atoms with Crippen LogP contribution in [0.3, 0.4) is 0 Å². The molecule has 1 aliphatic heterocycles. The third-order valence-electron chi connectivity index (χ3n) is 4.03. The van der Waals surface area contributed by atoms with Crippen molar-refractivity contribution in [3.63, 3.8) is 0 Å². The smallest absolute Gasteiger partial charge is 0.337 e. The summed E-state index contributed by atoms with van der Waals surface area (Å²) >= 11 is 6.04. The first-order chi connectivity index (χ1) is 10.7. The molecule has 0 unspecified atom stereocenters. The molecule has 22 heavy (non-hydrogen) atoms. The van der Waals surface area contributed by atoms with E-state index in [1.807, 2.05) is 12.1 Å². The molecule has 0 N–H and O–H groups in total. The number of nitrogens with zero attached hydrogens (tertiary/aromatic N) is 2. The SMILES string of the molecule is COC(=O)c1ccc2nc(CCl)n(C[C@@H]3CCCCO3)c2c1. The maximum Gasteiger partial charge on any atom is 0.337 e. The van der Waals surface area contributed by atoms with E-state index < -0.39 is 0 Å². The Balaban J connectivity index is 1.99. The van der Waals surface area contributed by atoms with Gasteiger partial charge in [0.1, 0.15) is 5.82 Å². The highest BCUT2D eigenvalue weighted by molar-refractivity contribution is 6.16. The van der Waals surface area contributed by atoms with Gasteiger partial charge in [-0.05, 0) is 37.5 Å². The highest BCUT2D eigenvalue weighted by atomic mass is 35.5. The standard InChI is InChI=1S/C16H19ClN2O3/c1-21-16(20)11-5-6-13-14(8-11)19(15(9-17)18-13)10-12-4-2-3-7-22-12/h5-6,8,12H,2-4,7,9-10H2,1H3/t12-/m0/s1. The molecule has 1 aromatic heterocycles. The third kappa shape index (κ3) is 2.96. The van der Waals surface area contributed by atoms with Crippen molar-refractivity contribution in [3.05, 3.63) is 29.6 Å². The van der Waals surface area contributed by atoms with Crippen molar-refractivity contribution in [1.29, 1.82) is 0 Å². The largest absolute Gasteiger partial charge is 0.465 e. The molecule has 0 saturated carbocycles. The average molecular weight is 323 g/mol. The molecule has 1 aliphatic rings. The van der Waals surface area contributed by atoms with Crippen molar-refractivity contribution in [3.8, 4) is 0 Å². The molecule has 0 bridgehead atoms. The van der Waals surface area contributed by atoms with Crippen molar-refractivity contribution >= 4 is 28.6 Å². The number of hydrogen-bond acceptors (Lipinski definition) is 4. The first-order valence-corrected chi connectivity index (χ1v) is 8.01. The molecule has 0 radical (unpaired) electrons. The highest BCUT2D eigenvalue weighted by Gasteiger charge is 2.19. The molecule has 2 heterocycles. The molecule has 1 saturated heterocycles. The minimum atomic E-state index is -0.351. The molecule has 1 aromatic carbocycles. The number of imidazole rings is 1. The van der Waals surface area contributed by atoms with Crippen LogP contribution < -0.4 is 0 Å². The number of carbonyl (C=O) groups is 1. The fourth-order valence-electron chi connectivity index (χ4n) is 2.88. The molecule has 5 nitrogen and oxygen atoms in total. The maximum absolute atomic E-state index is 11.7. The van der Waals surface area contributed by atoms with E-state index in [-0.39, 0.29) is 12.1 Å². The quantitative estimate of drug-likeness (QED) is 0.641. The molecular formula is C16H19ClN2O3. The first kappa shape index (κ1) is 15.3. The van der Waals surface area contributed by atoms with E-state index >= 15 is 0 Å². The van der Waals surface area contributed by atoms with Crippen LogP contribution in [0, 0.1) is 0 Å². The van der Waals surface area contributed by atoms with E-state index in [4.69, 9.17) is 21.1 Å². The van der Waals surface area contributed by atoms with Crippen LogP contribution in [0.4, 0.5) is 0 Å². The minimum Gasteiger partial charge on any atom is -0.465 e. The second kappa shape index (κ2) is 6.67. The Kier molecular flexibility index (Phi) is 4.64. The van der Waals surface area contributed by atoms with Crippen LogP contribution in [0.1, 0.15) is 35.4 Å². The number of esters is 1. The summed E-state index contributed by atoms with van der Waals surface area (Å²) in [6.45, 7) is 1.52. The van der Waals surface area contributed by atoms with Crippen LogP contribution >= 0.6 is 11.6 Å². The van der Waals surface area contributed by atoms with Crippen LogP contribution in [0.2, 0.25) is 0 Å². The highest BCUT2D eigenvalue weighted by Crippen LogP contribution is 2.23. The maximum atomic E-state index is 11.7. The molecule has 0 amide bonds. The number of alkyl halides is 1. The summed E-state index contributed by atoms with van der Waals surface area (Å²) in [5, 5.41) is 0. The molecule has 3 rings (SSSR count). The van der Waals surface area contributed by atoms with Gasteiger partial charge in [-0.15, -0.1) is 11.6 Å².